The first-order chi connectivity index (χ1) is 19.2. The minimum Gasteiger partial charge on any atom is -0.291 e. The molecule has 0 spiro atoms. The highest BCUT2D eigenvalue weighted by Crippen LogP contribution is 2.33. The van der Waals surface area contributed by atoms with Crippen LogP contribution in [0.1, 0.15) is 59.6 Å². The number of nitrogens with one attached hydrogen (secondary N) is 1. The van der Waals surface area contributed by atoms with Gasteiger partial charge in [-0.15, -0.1) is 10.2 Å². The average Bonchev–Trinajstić information content (AvgIpc) is 3.63. The first-order valence-electron chi connectivity index (χ1n) is 13.5. The van der Waals surface area contributed by atoms with Crippen LogP contribution >= 0.6 is 0 Å². The number of aromatic nitrogens is 6. The second-order valence-corrected chi connectivity index (χ2v) is 10.2. The molecule has 0 aliphatic heterocycles. The van der Waals surface area contributed by atoms with Gasteiger partial charge in [0.25, 0.3) is 0 Å². The molecular weight excluding hydrogens is 488 g/mol. The molecule has 1 aliphatic carbocycles. The maximum atomic E-state index is 13.6. The van der Waals surface area contributed by atoms with E-state index < -0.39 is 0 Å². The second-order valence-electron chi connectivity index (χ2n) is 10.2. The fourth-order valence-electron chi connectivity index (χ4n) is 5.59. The summed E-state index contributed by atoms with van der Waals surface area (Å²) >= 11 is 0. The van der Waals surface area contributed by atoms with Gasteiger partial charge in [0, 0.05) is 23.4 Å². The van der Waals surface area contributed by atoms with Crippen LogP contribution in [-0.4, -0.2) is 35.7 Å². The van der Waals surface area contributed by atoms with Crippen LogP contribution in [0.15, 0.2) is 89.9 Å². The lowest BCUT2D eigenvalue weighted by atomic mass is 9.87. The van der Waals surface area contributed by atoms with Crippen LogP contribution in [0.5, 0.6) is 0 Å². The predicted octanol–water partition coefficient (Wildman–Crippen LogP) is 5.48. The predicted molar refractivity (Wildman–Crippen MR) is 149 cm³/mol. The molecule has 0 atom stereocenters. The van der Waals surface area contributed by atoms with E-state index in [-0.39, 0.29) is 18.0 Å². The maximum Gasteiger partial charge on any atom is 0.335 e. The van der Waals surface area contributed by atoms with Gasteiger partial charge in [-0.2, -0.15) is 5.21 Å². The molecule has 2 heterocycles. The summed E-state index contributed by atoms with van der Waals surface area (Å²) < 4.78 is 3.13. The highest BCUT2D eigenvalue weighted by molar-refractivity contribution is 5.81. The zero-order valence-corrected chi connectivity index (χ0v) is 21.7. The van der Waals surface area contributed by atoms with E-state index >= 15 is 0 Å². The number of nitrogens with zero attached hydrogens (tertiary/aromatic N) is 5. The molecule has 0 bridgehead atoms. The monoisotopic (exact) mass is 518 g/mol. The molecule has 1 saturated carbocycles. The van der Waals surface area contributed by atoms with E-state index in [0.717, 1.165) is 59.2 Å². The molecule has 0 saturated heterocycles. The Morgan fingerprint density at radius 2 is 1.56 bits per heavy atom. The molecule has 39 heavy (non-hydrogen) atoms. The average molecular weight is 519 g/mol. The van der Waals surface area contributed by atoms with E-state index in [1.54, 1.807) is 10.8 Å². The van der Waals surface area contributed by atoms with E-state index in [9.17, 15) is 9.59 Å². The standard InChI is InChI=1S/C31H30N6O2/c38-29(19-22-9-3-1-4-10-22)37-21-28(25-11-5-2-6-12-25)36(31(37)39)20-23-15-17-24(18-16-23)26-13-7-8-14-27(26)30-32-34-35-33-30/h1,3-4,7-10,13-18,21,25H,2,5-6,11-12,19-20H2,(H,32,33,34,35). The van der Waals surface area contributed by atoms with Gasteiger partial charge in [0.1, 0.15) is 0 Å². The summed E-state index contributed by atoms with van der Waals surface area (Å²) in [6, 6.07) is 25.7. The Labute approximate surface area is 226 Å². The number of tetrazole rings is 1. The molecule has 2 aromatic heterocycles. The summed E-state index contributed by atoms with van der Waals surface area (Å²) in [5.41, 5.74) is 5.53. The van der Waals surface area contributed by atoms with Crippen molar-refractivity contribution in [2.75, 3.05) is 0 Å². The first kappa shape index (κ1) is 24.7. The number of benzene rings is 3. The smallest absolute Gasteiger partial charge is 0.291 e. The number of H-pyrrole nitrogens is 1. The van der Waals surface area contributed by atoms with Crippen LogP contribution in [0.3, 0.4) is 0 Å². The molecule has 8 nitrogen and oxygen atoms in total. The number of rotatable bonds is 7. The third kappa shape index (κ3) is 5.23. The fraction of sp³-hybridized carbons (Fsp3) is 0.258. The van der Waals surface area contributed by atoms with Crippen LogP contribution in [0, 0.1) is 0 Å². The summed E-state index contributed by atoms with van der Waals surface area (Å²) in [5, 5.41) is 14.5. The second kappa shape index (κ2) is 11.0. The van der Waals surface area contributed by atoms with Crippen molar-refractivity contribution in [3.63, 3.8) is 0 Å². The van der Waals surface area contributed by atoms with Crippen molar-refractivity contribution in [3.05, 3.63) is 112 Å². The van der Waals surface area contributed by atoms with Crippen molar-refractivity contribution < 1.29 is 4.79 Å². The van der Waals surface area contributed by atoms with Crippen LogP contribution in [0.2, 0.25) is 0 Å². The number of carbonyl (C=O) groups excluding carboxylic acids is 1. The third-order valence-corrected chi connectivity index (χ3v) is 7.62. The highest BCUT2D eigenvalue weighted by atomic mass is 16.2. The zero-order valence-electron chi connectivity index (χ0n) is 21.7. The molecule has 1 aliphatic rings. The number of hydrogen-bond acceptors (Lipinski definition) is 5. The van der Waals surface area contributed by atoms with Gasteiger partial charge in [0.2, 0.25) is 11.7 Å². The van der Waals surface area contributed by atoms with Gasteiger partial charge in [0.15, 0.2) is 0 Å². The van der Waals surface area contributed by atoms with Crippen molar-refractivity contribution in [1.82, 2.24) is 29.8 Å². The lowest BCUT2D eigenvalue weighted by Crippen LogP contribution is -2.30. The Morgan fingerprint density at radius 1 is 0.846 bits per heavy atom. The summed E-state index contributed by atoms with van der Waals surface area (Å²) in [7, 11) is 0. The first-order valence-corrected chi connectivity index (χ1v) is 13.5. The van der Waals surface area contributed by atoms with Crippen LogP contribution in [-0.2, 0) is 13.0 Å². The van der Waals surface area contributed by atoms with Crippen molar-refractivity contribution >= 4 is 5.91 Å². The van der Waals surface area contributed by atoms with E-state index in [2.05, 4.69) is 32.8 Å². The number of imidazole rings is 1. The van der Waals surface area contributed by atoms with Crippen molar-refractivity contribution in [3.8, 4) is 22.5 Å². The van der Waals surface area contributed by atoms with Gasteiger partial charge in [-0.1, -0.05) is 98.1 Å². The van der Waals surface area contributed by atoms with Crippen LogP contribution in [0.25, 0.3) is 22.5 Å². The number of aromatic amines is 1. The zero-order chi connectivity index (χ0) is 26.6. The van der Waals surface area contributed by atoms with Crippen molar-refractivity contribution in [2.24, 2.45) is 0 Å². The van der Waals surface area contributed by atoms with Gasteiger partial charge in [-0.05, 0) is 40.3 Å². The molecule has 5 aromatic rings. The van der Waals surface area contributed by atoms with Crippen molar-refractivity contribution in [2.45, 2.75) is 51.0 Å². The summed E-state index contributed by atoms with van der Waals surface area (Å²) in [5.74, 6) is 0.633. The number of hydrogen-bond donors (Lipinski definition) is 1. The summed E-state index contributed by atoms with van der Waals surface area (Å²) in [4.78, 5) is 26.8. The molecule has 196 valence electrons. The fourth-order valence-corrected chi connectivity index (χ4v) is 5.59. The van der Waals surface area contributed by atoms with Gasteiger partial charge < -0.3 is 0 Å². The van der Waals surface area contributed by atoms with Crippen LogP contribution in [0.4, 0.5) is 0 Å². The molecule has 6 rings (SSSR count). The minimum atomic E-state index is -0.261. The SMILES string of the molecule is O=C(Cc1ccccc1)n1cc(C2CCCCC2)n(Cc2ccc(-c3ccccc3-c3nn[nH]n3)cc2)c1=O. The maximum absolute atomic E-state index is 13.6. The van der Waals surface area contributed by atoms with E-state index in [1.807, 2.05) is 66.7 Å². The molecular formula is C31H30N6O2. The Morgan fingerprint density at radius 3 is 2.28 bits per heavy atom. The highest BCUT2D eigenvalue weighted by Gasteiger charge is 2.24. The third-order valence-electron chi connectivity index (χ3n) is 7.62. The van der Waals surface area contributed by atoms with E-state index in [1.165, 1.54) is 11.0 Å². The molecule has 3 aromatic carbocycles. The van der Waals surface area contributed by atoms with Gasteiger partial charge >= 0.3 is 5.69 Å². The normalized spacial score (nSPS) is 13.9. The number of carbonyl (C=O) groups is 1. The molecule has 0 radical (unpaired) electrons. The molecule has 1 fully saturated rings. The quantitative estimate of drug-likeness (QED) is 0.308. The summed E-state index contributed by atoms with van der Waals surface area (Å²) in [6.45, 7) is 0.420. The topological polar surface area (TPSA) is 98.5 Å². The lowest BCUT2D eigenvalue weighted by Gasteiger charge is -2.22. The molecule has 0 unspecified atom stereocenters. The molecule has 8 heteroatoms. The minimum absolute atomic E-state index is 0.198. The van der Waals surface area contributed by atoms with Gasteiger partial charge in [0.05, 0.1) is 13.0 Å². The largest absolute Gasteiger partial charge is 0.335 e. The van der Waals surface area contributed by atoms with Gasteiger partial charge in [-0.3, -0.25) is 9.36 Å². The van der Waals surface area contributed by atoms with Crippen molar-refractivity contribution in [1.29, 1.82) is 0 Å². The Hall–Kier alpha value is -4.59. The summed E-state index contributed by atoms with van der Waals surface area (Å²) in [6.07, 6.45) is 7.61. The Balaban J connectivity index is 1.30. The Bertz CT molecular complexity index is 1610. The lowest BCUT2D eigenvalue weighted by molar-refractivity contribution is 0.0909. The van der Waals surface area contributed by atoms with E-state index in [0.29, 0.717) is 18.3 Å². The Kier molecular flexibility index (Phi) is 6.99. The van der Waals surface area contributed by atoms with Crippen LogP contribution < -0.4 is 5.69 Å². The molecule has 1 N–H and O–H groups in total. The molecule has 0 amide bonds. The van der Waals surface area contributed by atoms with Gasteiger partial charge in [-0.25, -0.2) is 9.36 Å². The van der Waals surface area contributed by atoms with E-state index in [4.69, 9.17) is 0 Å².